The Morgan fingerprint density at radius 3 is 2.61 bits per heavy atom. The third-order valence-corrected chi connectivity index (χ3v) is 4.83. The Bertz CT molecular complexity index is 997. The third-order valence-electron chi connectivity index (χ3n) is 4.83. The Morgan fingerprint density at radius 1 is 1.16 bits per heavy atom. The first kappa shape index (κ1) is 21.8. The highest BCUT2D eigenvalue weighted by Crippen LogP contribution is 2.29. The lowest BCUT2D eigenvalue weighted by Gasteiger charge is -2.29. The minimum absolute atomic E-state index is 0.0300. The van der Waals surface area contributed by atoms with Gasteiger partial charge in [-0.15, -0.1) is 0 Å². The number of nitrogens with zero attached hydrogens (tertiary/aromatic N) is 3. The predicted octanol–water partition coefficient (Wildman–Crippen LogP) is 3.10. The lowest BCUT2D eigenvalue weighted by molar-refractivity contribution is -0.124. The first-order valence-corrected chi connectivity index (χ1v) is 10.1. The van der Waals surface area contributed by atoms with E-state index in [1.807, 2.05) is 13.0 Å². The first-order valence-electron chi connectivity index (χ1n) is 10.1. The number of para-hydroxylation sites is 2. The van der Waals surface area contributed by atoms with Gasteiger partial charge in [-0.25, -0.2) is 0 Å². The van der Waals surface area contributed by atoms with Gasteiger partial charge >= 0.3 is 0 Å². The van der Waals surface area contributed by atoms with Crippen LogP contribution in [0.15, 0.2) is 48.5 Å². The van der Waals surface area contributed by atoms with Gasteiger partial charge in [0.15, 0.2) is 0 Å². The molecule has 0 aliphatic carbocycles. The van der Waals surface area contributed by atoms with Crippen LogP contribution in [0, 0.1) is 11.3 Å². The zero-order valence-electron chi connectivity index (χ0n) is 17.3. The van der Waals surface area contributed by atoms with E-state index in [-0.39, 0.29) is 50.1 Å². The number of benzene rings is 2. The maximum absolute atomic E-state index is 12.9. The van der Waals surface area contributed by atoms with Gasteiger partial charge in [-0.05, 0) is 43.3 Å². The zero-order chi connectivity index (χ0) is 22.2. The smallest absolute Gasteiger partial charge is 0.244 e. The molecular weight excluding hydrogens is 396 g/mol. The van der Waals surface area contributed by atoms with Crippen molar-refractivity contribution in [2.24, 2.45) is 0 Å². The second-order valence-electron chi connectivity index (χ2n) is 6.93. The number of carbonyl (C=O) groups is 3. The molecule has 0 atom stereocenters. The summed E-state index contributed by atoms with van der Waals surface area (Å²) in [5, 5.41) is 11.7. The molecule has 0 unspecified atom stereocenters. The lowest BCUT2D eigenvalue weighted by atomic mass is 10.1. The molecule has 3 rings (SSSR count). The van der Waals surface area contributed by atoms with Crippen LogP contribution >= 0.6 is 0 Å². The molecule has 0 bridgehead atoms. The number of hydrogen-bond acceptors (Lipinski definition) is 5. The van der Waals surface area contributed by atoms with Crippen LogP contribution in [0.1, 0.15) is 26.2 Å². The highest BCUT2D eigenvalue weighted by molar-refractivity contribution is 6.10. The van der Waals surface area contributed by atoms with E-state index >= 15 is 0 Å². The van der Waals surface area contributed by atoms with Gasteiger partial charge in [0.1, 0.15) is 12.3 Å². The minimum atomic E-state index is -0.303. The molecule has 0 aromatic heterocycles. The third kappa shape index (κ3) is 5.39. The summed E-state index contributed by atoms with van der Waals surface area (Å²) in [7, 11) is 0. The minimum Gasteiger partial charge on any atom is -0.494 e. The van der Waals surface area contributed by atoms with Gasteiger partial charge in [-0.2, -0.15) is 5.26 Å². The molecule has 8 heteroatoms. The summed E-state index contributed by atoms with van der Waals surface area (Å²) in [6, 6.07) is 16.1. The zero-order valence-corrected chi connectivity index (χ0v) is 17.3. The highest BCUT2D eigenvalue weighted by Gasteiger charge is 2.27. The summed E-state index contributed by atoms with van der Waals surface area (Å²) in [6.45, 7) is 2.57. The maximum atomic E-state index is 12.9. The summed E-state index contributed by atoms with van der Waals surface area (Å²) in [5.74, 6) is -0.148. The summed E-state index contributed by atoms with van der Waals surface area (Å²) < 4.78 is 5.43. The van der Waals surface area contributed by atoms with Crippen LogP contribution in [0.5, 0.6) is 5.75 Å². The molecule has 8 nitrogen and oxygen atoms in total. The number of anilines is 3. The largest absolute Gasteiger partial charge is 0.494 e. The first-order chi connectivity index (χ1) is 15.0. The van der Waals surface area contributed by atoms with Crippen molar-refractivity contribution in [3.8, 4) is 11.8 Å². The van der Waals surface area contributed by atoms with Crippen LogP contribution in [0.3, 0.4) is 0 Å². The van der Waals surface area contributed by atoms with E-state index in [2.05, 4.69) is 5.32 Å². The number of carbonyl (C=O) groups excluding carboxylic acids is 3. The van der Waals surface area contributed by atoms with Gasteiger partial charge < -0.3 is 19.9 Å². The second kappa shape index (κ2) is 10.3. The second-order valence-corrected chi connectivity index (χ2v) is 6.93. The Morgan fingerprint density at radius 2 is 1.90 bits per heavy atom. The van der Waals surface area contributed by atoms with Crippen LogP contribution in [0.4, 0.5) is 17.1 Å². The average Bonchev–Trinajstić information content (AvgIpc) is 2.78. The monoisotopic (exact) mass is 420 g/mol. The standard InChI is InChI=1S/C23H24N4O4/c1-2-31-18-10-8-17(9-11-18)26(15-5-14-24)22(29)12-13-23(30)27-16-21(28)25-19-6-3-4-7-20(19)27/h3-4,6-11H,2,5,12-13,15-16H2,1H3,(H,25,28). The fraction of sp³-hybridized carbons (Fsp3) is 0.304. The van der Waals surface area contributed by atoms with Gasteiger partial charge in [0, 0.05) is 25.1 Å². The highest BCUT2D eigenvalue weighted by atomic mass is 16.5. The molecule has 1 heterocycles. The molecule has 0 saturated carbocycles. The Labute approximate surface area is 181 Å². The fourth-order valence-corrected chi connectivity index (χ4v) is 3.39. The summed E-state index contributed by atoms with van der Waals surface area (Å²) in [6.07, 6.45) is 0.102. The van der Waals surface area contributed by atoms with Gasteiger partial charge in [-0.3, -0.25) is 14.4 Å². The van der Waals surface area contributed by atoms with Crippen molar-refractivity contribution in [1.82, 2.24) is 0 Å². The van der Waals surface area contributed by atoms with Crippen molar-refractivity contribution in [2.45, 2.75) is 26.2 Å². The molecule has 160 valence electrons. The molecule has 0 radical (unpaired) electrons. The number of rotatable bonds is 8. The summed E-state index contributed by atoms with van der Waals surface area (Å²) >= 11 is 0. The number of hydrogen-bond donors (Lipinski definition) is 1. The van der Waals surface area contributed by atoms with Crippen molar-refractivity contribution in [1.29, 1.82) is 5.26 Å². The Balaban J connectivity index is 1.68. The number of fused-ring (bicyclic) bond motifs is 1. The van der Waals surface area contributed by atoms with Crippen molar-refractivity contribution in [3.05, 3.63) is 48.5 Å². The molecule has 1 N–H and O–H groups in total. The molecule has 31 heavy (non-hydrogen) atoms. The van der Waals surface area contributed by atoms with Gasteiger partial charge in [0.05, 0.1) is 30.5 Å². The van der Waals surface area contributed by atoms with Crippen molar-refractivity contribution < 1.29 is 19.1 Å². The number of ether oxygens (including phenoxy) is 1. The number of amides is 3. The quantitative estimate of drug-likeness (QED) is 0.707. The van der Waals surface area contributed by atoms with Crippen LogP contribution < -0.4 is 19.9 Å². The normalized spacial score (nSPS) is 12.4. The summed E-state index contributed by atoms with van der Waals surface area (Å²) in [5.41, 5.74) is 1.83. The van der Waals surface area contributed by atoms with E-state index in [9.17, 15) is 14.4 Å². The van der Waals surface area contributed by atoms with E-state index in [1.165, 1.54) is 9.80 Å². The molecular formula is C23H24N4O4. The topological polar surface area (TPSA) is 103 Å². The SMILES string of the molecule is CCOc1ccc(N(CCC#N)C(=O)CCC(=O)N2CC(=O)Nc3ccccc32)cc1. The lowest BCUT2D eigenvalue weighted by Crippen LogP contribution is -2.42. The van der Waals surface area contributed by atoms with E-state index in [0.717, 1.165) is 0 Å². The van der Waals surface area contributed by atoms with E-state index in [4.69, 9.17) is 10.00 Å². The Kier molecular flexibility index (Phi) is 7.22. The fourth-order valence-electron chi connectivity index (χ4n) is 3.39. The molecule has 0 saturated heterocycles. The number of nitrogens with one attached hydrogen (secondary N) is 1. The van der Waals surface area contributed by atoms with Gasteiger partial charge in [-0.1, -0.05) is 12.1 Å². The maximum Gasteiger partial charge on any atom is 0.244 e. The van der Waals surface area contributed by atoms with Crippen molar-refractivity contribution in [3.63, 3.8) is 0 Å². The van der Waals surface area contributed by atoms with E-state index in [1.54, 1.807) is 48.5 Å². The molecule has 0 fully saturated rings. The van der Waals surface area contributed by atoms with E-state index < -0.39 is 0 Å². The van der Waals surface area contributed by atoms with Crippen LogP contribution in [-0.2, 0) is 14.4 Å². The van der Waals surface area contributed by atoms with Crippen molar-refractivity contribution in [2.75, 3.05) is 34.8 Å². The molecule has 1 aliphatic heterocycles. The van der Waals surface area contributed by atoms with Crippen LogP contribution in [-0.4, -0.2) is 37.4 Å². The molecule has 2 aromatic carbocycles. The Hall–Kier alpha value is -3.86. The van der Waals surface area contributed by atoms with Crippen molar-refractivity contribution >= 4 is 34.8 Å². The van der Waals surface area contributed by atoms with Gasteiger partial charge in [0.25, 0.3) is 0 Å². The number of nitriles is 1. The predicted molar refractivity (Wildman–Crippen MR) is 117 cm³/mol. The van der Waals surface area contributed by atoms with Gasteiger partial charge in [0.2, 0.25) is 17.7 Å². The summed E-state index contributed by atoms with van der Waals surface area (Å²) in [4.78, 5) is 40.5. The molecule has 1 aliphatic rings. The van der Waals surface area contributed by atoms with Crippen LogP contribution in [0.2, 0.25) is 0 Å². The average molecular weight is 420 g/mol. The van der Waals surface area contributed by atoms with Crippen LogP contribution in [0.25, 0.3) is 0 Å². The molecule has 3 amide bonds. The molecule has 0 spiro atoms. The molecule has 2 aromatic rings. The van der Waals surface area contributed by atoms with E-state index in [0.29, 0.717) is 29.4 Å².